The number of aromatic nitrogens is 3. The minimum absolute atomic E-state index is 0.0158. The Morgan fingerprint density at radius 3 is 3.29 bits per heavy atom. The van der Waals surface area contributed by atoms with E-state index >= 15 is 0 Å². The molecule has 14 heavy (non-hydrogen) atoms. The topological polar surface area (TPSA) is 56.5 Å². The standard InChI is InChI=1S/C9H7N3O2/c1-5-2-6-7(13)3-14-9-8(6)12(5)11-4-10-9/h2,4H,3H2,1H3. The third kappa shape index (κ3) is 0.761. The van der Waals surface area contributed by atoms with Crippen LogP contribution in [0.1, 0.15) is 16.1 Å². The molecule has 5 nitrogen and oxygen atoms in total. The zero-order valence-corrected chi connectivity index (χ0v) is 7.52. The molecule has 0 N–H and O–H groups in total. The maximum absolute atomic E-state index is 11.5. The number of ether oxygens (including phenoxy) is 1. The zero-order valence-electron chi connectivity index (χ0n) is 7.52. The SMILES string of the molecule is Cc1cc2c3c(ncnn13)OCC2=O. The van der Waals surface area contributed by atoms with E-state index in [1.54, 1.807) is 4.52 Å². The van der Waals surface area contributed by atoms with Crippen LogP contribution < -0.4 is 4.74 Å². The van der Waals surface area contributed by atoms with Crippen LogP contribution in [0.15, 0.2) is 12.4 Å². The average molecular weight is 189 g/mol. The fourth-order valence-electron chi connectivity index (χ4n) is 1.70. The second-order valence-electron chi connectivity index (χ2n) is 3.24. The molecular weight excluding hydrogens is 182 g/mol. The van der Waals surface area contributed by atoms with Crippen molar-refractivity contribution in [2.24, 2.45) is 0 Å². The molecule has 1 aliphatic rings. The van der Waals surface area contributed by atoms with Gasteiger partial charge in [0.1, 0.15) is 11.8 Å². The monoisotopic (exact) mass is 189 g/mol. The lowest BCUT2D eigenvalue weighted by Crippen LogP contribution is -2.17. The minimum atomic E-state index is -0.0158. The van der Waals surface area contributed by atoms with Crippen molar-refractivity contribution < 1.29 is 9.53 Å². The summed E-state index contributed by atoms with van der Waals surface area (Å²) in [5.74, 6) is 0.473. The second-order valence-corrected chi connectivity index (χ2v) is 3.24. The molecule has 2 aromatic rings. The Kier molecular flexibility index (Phi) is 1.24. The molecule has 0 saturated carbocycles. The summed E-state index contributed by atoms with van der Waals surface area (Å²) in [5, 5.41) is 4.05. The molecule has 1 aliphatic heterocycles. The highest BCUT2D eigenvalue weighted by Crippen LogP contribution is 2.27. The largest absolute Gasteiger partial charge is 0.468 e. The molecule has 0 aliphatic carbocycles. The van der Waals surface area contributed by atoms with Crippen LogP contribution in [0.3, 0.4) is 0 Å². The zero-order chi connectivity index (χ0) is 9.71. The van der Waals surface area contributed by atoms with Gasteiger partial charge in [-0.05, 0) is 13.0 Å². The van der Waals surface area contributed by atoms with Crippen molar-refractivity contribution in [3.05, 3.63) is 23.7 Å². The molecule has 0 aromatic carbocycles. The van der Waals surface area contributed by atoms with E-state index in [9.17, 15) is 4.79 Å². The van der Waals surface area contributed by atoms with Crippen LogP contribution >= 0.6 is 0 Å². The second kappa shape index (κ2) is 2.31. The first-order chi connectivity index (χ1) is 6.77. The van der Waals surface area contributed by atoms with Crippen LogP contribution in [0.5, 0.6) is 5.88 Å². The molecule has 5 heteroatoms. The van der Waals surface area contributed by atoms with Crippen LogP contribution in [0.25, 0.3) is 5.52 Å². The summed E-state index contributed by atoms with van der Waals surface area (Å²) in [4.78, 5) is 15.5. The van der Waals surface area contributed by atoms with Gasteiger partial charge in [0.2, 0.25) is 11.7 Å². The van der Waals surface area contributed by atoms with Crippen molar-refractivity contribution in [3.63, 3.8) is 0 Å². The van der Waals surface area contributed by atoms with E-state index in [0.717, 1.165) is 5.69 Å². The average Bonchev–Trinajstić information content (AvgIpc) is 2.53. The van der Waals surface area contributed by atoms with Gasteiger partial charge in [0.25, 0.3) is 0 Å². The number of aryl methyl sites for hydroxylation is 1. The van der Waals surface area contributed by atoms with Crippen LogP contribution in [0, 0.1) is 6.92 Å². The molecule has 3 rings (SSSR count). The van der Waals surface area contributed by atoms with Gasteiger partial charge in [0, 0.05) is 5.69 Å². The highest BCUT2D eigenvalue weighted by molar-refractivity contribution is 6.06. The van der Waals surface area contributed by atoms with E-state index < -0.39 is 0 Å². The van der Waals surface area contributed by atoms with Gasteiger partial charge in [-0.1, -0.05) is 0 Å². The first kappa shape index (κ1) is 7.49. The Labute approximate surface area is 79.3 Å². The number of rotatable bonds is 0. The molecule has 0 fully saturated rings. The molecule has 0 bridgehead atoms. The van der Waals surface area contributed by atoms with Crippen LogP contribution in [0.4, 0.5) is 0 Å². The lowest BCUT2D eigenvalue weighted by atomic mass is 10.1. The molecular formula is C9H7N3O2. The van der Waals surface area contributed by atoms with Gasteiger partial charge < -0.3 is 4.74 Å². The Balaban J connectivity index is 2.53. The van der Waals surface area contributed by atoms with Gasteiger partial charge in [0.15, 0.2) is 6.61 Å². The predicted molar refractivity (Wildman–Crippen MR) is 47.5 cm³/mol. The Hall–Kier alpha value is -1.91. The number of nitrogens with zero attached hydrogens (tertiary/aromatic N) is 3. The quantitative estimate of drug-likeness (QED) is 0.609. The molecule has 3 heterocycles. The Morgan fingerprint density at radius 1 is 1.57 bits per heavy atom. The number of ketones is 1. The molecule has 0 unspecified atom stereocenters. The summed E-state index contributed by atoms with van der Waals surface area (Å²) in [7, 11) is 0. The predicted octanol–water partition coefficient (Wildman–Crippen LogP) is 0.613. The third-order valence-corrected chi connectivity index (χ3v) is 2.34. The molecule has 0 atom stereocenters. The number of carbonyl (C=O) groups is 1. The van der Waals surface area contributed by atoms with Crippen LogP contribution in [0.2, 0.25) is 0 Å². The van der Waals surface area contributed by atoms with Crippen molar-refractivity contribution in [1.29, 1.82) is 0 Å². The normalized spacial score (nSPS) is 14.5. The molecule has 0 saturated heterocycles. The number of hydrogen-bond donors (Lipinski definition) is 0. The lowest BCUT2D eigenvalue weighted by molar-refractivity contribution is 0.0910. The molecule has 0 spiro atoms. The fourth-order valence-corrected chi connectivity index (χ4v) is 1.70. The van der Waals surface area contributed by atoms with E-state index in [1.165, 1.54) is 6.33 Å². The van der Waals surface area contributed by atoms with Gasteiger partial charge in [-0.2, -0.15) is 10.1 Å². The number of Topliss-reactive ketones (excluding diaryl/α,β-unsaturated/α-hetero) is 1. The lowest BCUT2D eigenvalue weighted by Gasteiger charge is -2.11. The summed E-state index contributed by atoms with van der Waals surface area (Å²) >= 11 is 0. The van der Waals surface area contributed by atoms with E-state index in [2.05, 4.69) is 10.1 Å². The van der Waals surface area contributed by atoms with Crippen LogP contribution in [-0.2, 0) is 0 Å². The maximum atomic E-state index is 11.5. The summed E-state index contributed by atoms with van der Waals surface area (Å²) in [6, 6.07) is 1.82. The fraction of sp³-hybridized carbons (Fsp3) is 0.222. The van der Waals surface area contributed by atoms with Gasteiger partial charge in [-0.3, -0.25) is 4.79 Å². The molecule has 70 valence electrons. The van der Waals surface area contributed by atoms with Crippen molar-refractivity contribution >= 4 is 11.3 Å². The molecule has 0 amide bonds. The number of hydrogen-bond acceptors (Lipinski definition) is 4. The van der Waals surface area contributed by atoms with E-state index in [1.807, 2.05) is 13.0 Å². The minimum Gasteiger partial charge on any atom is -0.468 e. The van der Waals surface area contributed by atoms with Gasteiger partial charge in [0.05, 0.1) is 5.56 Å². The Bertz CT molecular complexity index is 544. The first-order valence-corrected chi connectivity index (χ1v) is 4.27. The maximum Gasteiger partial charge on any atom is 0.242 e. The van der Waals surface area contributed by atoms with Crippen molar-refractivity contribution in [3.8, 4) is 5.88 Å². The smallest absolute Gasteiger partial charge is 0.242 e. The van der Waals surface area contributed by atoms with Crippen molar-refractivity contribution in [2.75, 3.05) is 6.61 Å². The van der Waals surface area contributed by atoms with Gasteiger partial charge in [-0.15, -0.1) is 0 Å². The highest BCUT2D eigenvalue weighted by atomic mass is 16.5. The van der Waals surface area contributed by atoms with Gasteiger partial charge >= 0.3 is 0 Å². The van der Waals surface area contributed by atoms with E-state index in [0.29, 0.717) is 17.0 Å². The van der Waals surface area contributed by atoms with E-state index in [4.69, 9.17) is 4.74 Å². The highest BCUT2D eigenvalue weighted by Gasteiger charge is 2.24. The summed E-state index contributed by atoms with van der Waals surface area (Å²) in [5.41, 5.74) is 2.25. The summed E-state index contributed by atoms with van der Waals surface area (Å²) < 4.78 is 6.87. The van der Waals surface area contributed by atoms with Crippen molar-refractivity contribution in [2.45, 2.75) is 6.92 Å². The Morgan fingerprint density at radius 2 is 2.43 bits per heavy atom. The number of carbonyl (C=O) groups excluding carboxylic acids is 1. The summed E-state index contributed by atoms with van der Waals surface area (Å²) in [6.07, 6.45) is 1.43. The first-order valence-electron chi connectivity index (χ1n) is 4.27. The summed E-state index contributed by atoms with van der Waals surface area (Å²) in [6.45, 7) is 1.97. The molecule has 0 radical (unpaired) electrons. The van der Waals surface area contributed by atoms with Gasteiger partial charge in [-0.25, -0.2) is 4.52 Å². The molecule has 2 aromatic heterocycles. The van der Waals surface area contributed by atoms with E-state index in [-0.39, 0.29) is 12.4 Å². The third-order valence-electron chi connectivity index (χ3n) is 2.34. The van der Waals surface area contributed by atoms with Crippen molar-refractivity contribution in [1.82, 2.24) is 14.6 Å². The van der Waals surface area contributed by atoms with Crippen LogP contribution in [-0.4, -0.2) is 27.0 Å².